The standard InChI is InChI=1S/C21H30N4S/c1-16-6-8-17(9-7-16)19-14-24(15-20(19)23(2)3)13-18-12-22-21(26-18)25-10-4-5-11-25/h6-9,12,19-20H,4-5,10-11,13-15H2,1-3H3/t19-,20+/m0/s1. The summed E-state index contributed by atoms with van der Waals surface area (Å²) < 4.78 is 0. The van der Waals surface area contributed by atoms with Crippen LogP contribution in [0.5, 0.6) is 0 Å². The summed E-state index contributed by atoms with van der Waals surface area (Å²) in [5, 5.41) is 1.22. The quantitative estimate of drug-likeness (QED) is 0.802. The first-order valence-corrected chi connectivity index (χ1v) is 10.6. The Morgan fingerprint density at radius 3 is 2.54 bits per heavy atom. The Labute approximate surface area is 161 Å². The fourth-order valence-corrected chi connectivity index (χ4v) is 5.31. The van der Waals surface area contributed by atoms with E-state index in [1.165, 1.54) is 47.1 Å². The maximum atomic E-state index is 4.69. The van der Waals surface area contributed by atoms with Gasteiger partial charge in [-0.3, -0.25) is 4.90 Å². The summed E-state index contributed by atoms with van der Waals surface area (Å²) in [6, 6.07) is 9.70. The van der Waals surface area contributed by atoms with Crippen LogP contribution in [0.25, 0.3) is 0 Å². The van der Waals surface area contributed by atoms with Crippen LogP contribution < -0.4 is 4.90 Å². The molecule has 2 fully saturated rings. The van der Waals surface area contributed by atoms with Crippen molar-refractivity contribution in [2.75, 3.05) is 45.2 Å². The molecule has 2 atom stereocenters. The molecular formula is C21H30N4S. The summed E-state index contributed by atoms with van der Waals surface area (Å²) in [7, 11) is 4.43. The Morgan fingerprint density at radius 1 is 1.12 bits per heavy atom. The smallest absolute Gasteiger partial charge is 0.185 e. The van der Waals surface area contributed by atoms with Gasteiger partial charge in [0.15, 0.2) is 5.13 Å². The molecule has 4 rings (SSSR count). The van der Waals surface area contributed by atoms with Crippen molar-refractivity contribution in [1.29, 1.82) is 0 Å². The molecule has 2 aliphatic rings. The lowest BCUT2D eigenvalue weighted by atomic mass is 9.93. The van der Waals surface area contributed by atoms with Gasteiger partial charge in [-0.2, -0.15) is 0 Å². The number of aryl methyl sites for hydroxylation is 1. The first-order chi connectivity index (χ1) is 12.6. The molecule has 2 aliphatic heterocycles. The molecule has 4 nitrogen and oxygen atoms in total. The fraction of sp³-hybridized carbons (Fsp3) is 0.571. The molecule has 0 radical (unpaired) electrons. The summed E-state index contributed by atoms with van der Waals surface area (Å²) in [6.45, 7) is 7.79. The Balaban J connectivity index is 1.45. The van der Waals surface area contributed by atoms with Gasteiger partial charge in [0.05, 0.1) is 0 Å². The lowest BCUT2D eigenvalue weighted by Crippen LogP contribution is -2.34. The molecular weight excluding hydrogens is 340 g/mol. The monoisotopic (exact) mass is 370 g/mol. The molecule has 5 heteroatoms. The highest BCUT2D eigenvalue weighted by Gasteiger charge is 2.35. The minimum absolute atomic E-state index is 0.573. The molecule has 0 unspecified atom stereocenters. The highest BCUT2D eigenvalue weighted by atomic mass is 32.1. The highest BCUT2D eigenvalue weighted by molar-refractivity contribution is 7.15. The summed E-state index contributed by atoms with van der Waals surface area (Å²) >= 11 is 1.89. The lowest BCUT2D eigenvalue weighted by Gasteiger charge is -2.25. The number of nitrogens with zero attached hydrogens (tertiary/aromatic N) is 4. The normalized spacial score (nSPS) is 24.1. The van der Waals surface area contributed by atoms with Gasteiger partial charge in [0.25, 0.3) is 0 Å². The van der Waals surface area contributed by atoms with Gasteiger partial charge in [-0.15, -0.1) is 11.3 Å². The number of aromatic nitrogens is 1. The van der Waals surface area contributed by atoms with Crippen LogP contribution in [0.1, 0.15) is 34.8 Å². The van der Waals surface area contributed by atoms with Crippen molar-refractivity contribution < 1.29 is 0 Å². The molecule has 0 amide bonds. The van der Waals surface area contributed by atoms with Crippen molar-refractivity contribution >= 4 is 16.5 Å². The minimum Gasteiger partial charge on any atom is -0.348 e. The van der Waals surface area contributed by atoms with E-state index in [-0.39, 0.29) is 0 Å². The van der Waals surface area contributed by atoms with Crippen LogP contribution >= 0.6 is 11.3 Å². The van der Waals surface area contributed by atoms with Crippen molar-refractivity contribution in [2.24, 2.45) is 0 Å². The first kappa shape index (κ1) is 18.0. The number of hydrogen-bond donors (Lipinski definition) is 0. The largest absolute Gasteiger partial charge is 0.348 e. The maximum Gasteiger partial charge on any atom is 0.185 e. The van der Waals surface area contributed by atoms with Gasteiger partial charge >= 0.3 is 0 Å². The molecule has 2 aromatic rings. The zero-order valence-electron chi connectivity index (χ0n) is 16.2. The molecule has 3 heterocycles. The van der Waals surface area contributed by atoms with Crippen molar-refractivity contribution in [3.05, 3.63) is 46.5 Å². The van der Waals surface area contributed by atoms with E-state index in [0.29, 0.717) is 12.0 Å². The molecule has 0 aliphatic carbocycles. The number of benzene rings is 1. The Bertz CT molecular complexity index is 718. The van der Waals surface area contributed by atoms with E-state index < -0.39 is 0 Å². The fourth-order valence-electron chi connectivity index (χ4n) is 4.30. The number of anilines is 1. The third-order valence-electron chi connectivity index (χ3n) is 5.83. The summed E-state index contributed by atoms with van der Waals surface area (Å²) in [5.74, 6) is 0.580. The van der Waals surface area contributed by atoms with Gasteiger partial charge < -0.3 is 9.80 Å². The van der Waals surface area contributed by atoms with E-state index in [9.17, 15) is 0 Å². The molecule has 140 valence electrons. The van der Waals surface area contributed by atoms with Crippen molar-refractivity contribution in [3.63, 3.8) is 0 Å². The molecule has 0 saturated carbocycles. The molecule has 2 saturated heterocycles. The topological polar surface area (TPSA) is 22.6 Å². The zero-order valence-corrected chi connectivity index (χ0v) is 17.0. The molecule has 0 bridgehead atoms. The summed E-state index contributed by atoms with van der Waals surface area (Å²) in [5.41, 5.74) is 2.81. The third kappa shape index (κ3) is 3.80. The molecule has 0 spiro atoms. The van der Waals surface area contributed by atoms with Gasteiger partial charge in [0, 0.05) is 55.8 Å². The molecule has 1 aromatic carbocycles. The molecule has 1 aromatic heterocycles. The summed E-state index contributed by atoms with van der Waals surface area (Å²) in [6.07, 6.45) is 4.72. The lowest BCUT2D eigenvalue weighted by molar-refractivity contribution is 0.260. The van der Waals surface area contributed by atoms with Gasteiger partial charge in [0.2, 0.25) is 0 Å². The van der Waals surface area contributed by atoms with Gasteiger partial charge in [-0.1, -0.05) is 29.8 Å². The van der Waals surface area contributed by atoms with Crippen LogP contribution in [0.2, 0.25) is 0 Å². The van der Waals surface area contributed by atoms with E-state index in [1.54, 1.807) is 0 Å². The van der Waals surface area contributed by atoms with E-state index in [4.69, 9.17) is 0 Å². The number of rotatable bonds is 5. The second-order valence-electron chi connectivity index (χ2n) is 8.05. The molecule has 0 N–H and O–H groups in total. The van der Waals surface area contributed by atoms with E-state index in [2.05, 4.69) is 71.2 Å². The van der Waals surface area contributed by atoms with Gasteiger partial charge in [-0.25, -0.2) is 4.98 Å². The van der Waals surface area contributed by atoms with Crippen LogP contribution in [0.15, 0.2) is 30.5 Å². The summed E-state index contributed by atoms with van der Waals surface area (Å²) in [4.78, 5) is 13.5. The van der Waals surface area contributed by atoms with E-state index in [0.717, 1.165) is 19.6 Å². The van der Waals surface area contributed by atoms with Crippen molar-refractivity contribution in [1.82, 2.24) is 14.8 Å². The van der Waals surface area contributed by atoms with Crippen molar-refractivity contribution in [3.8, 4) is 0 Å². The number of likely N-dealkylation sites (N-methyl/N-ethyl adjacent to an activating group) is 1. The Morgan fingerprint density at radius 2 is 1.85 bits per heavy atom. The third-order valence-corrected chi connectivity index (χ3v) is 6.87. The number of thiazole rings is 1. The zero-order chi connectivity index (χ0) is 18.1. The van der Waals surface area contributed by atoms with Crippen LogP contribution in [0.4, 0.5) is 5.13 Å². The van der Waals surface area contributed by atoms with Crippen LogP contribution in [0.3, 0.4) is 0 Å². The Kier molecular flexibility index (Phi) is 5.30. The average Bonchev–Trinajstić information content (AvgIpc) is 3.36. The maximum absolute atomic E-state index is 4.69. The van der Waals surface area contributed by atoms with Gasteiger partial charge in [0.1, 0.15) is 0 Å². The van der Waals surface area contributed by atoms with Crippen LogP contribution in [0, 0.1) is 6.92 Å². The van der Waals surface area contributed by atoms with Crippen molar-refractivity contribution in [2.45, 2.75) is 38.3 Å². The van der Waals surface area contributed by atoms with Crippen LogP contribution in [-0.2, 0) is 6.54 Å². The van der Waals surface area contributed by atoms with Crippen LogP contribution in [-0.4, -0.2) is 61.1 Å². The predicted octanol–water partition coefficient (Wildman–Crippen LogP) is 3.58. The highest BCUT2D eigenvalue weighted by Crippen LogP contribution is 2.33. The molecule has 26 heavy (non-hydrogen) atoms. The van der Waals surface area contributed by atoms with Gasteiger partial charge in [-0.05, 0) is 39.4 Å². The SMILES string of the molecule is Cc1ccc([C@@H]2CN(Cc3cnc(N4CCCC4)s3)C[C@H]2N(C)C)cc1. The van der Waals surface area contributed by atoms with E-state index in [1.807, 2.05) is 11.3 Å². The number of likely N-dealkylation sites (tertiary alicyclic amines) is 1. The predicted molar refractivity (Wildman–Crippen MR) is 110 cm³/mol. The number of hydrogen-bond acceptors (Lipinski definition) is 5. The second-order valence-corrected chi connectivity index (χ2v) is 9.14. The first-order valence-electron chi connectivity index (χ1n) is 9.75. The van der Waals surface area contributed by atoms with E-state index >= 15 is 0 Å². The second kappa shape index (κ2) is 7.67. The Hall–Kier alpha value is -1.43. The minimum atomic E-state index is 0.573. The average molecular weight is 371 g/mol.